The number of ether oxygens (including phenoxy) is 2. The van der Waals surface area contributed by atoms with Crippen LogP contribution in [0.3, 0.4) is 0 Å². The van der Waals surface area contributed by atoms with Crippen LogP contribution in [0, 0.1) is 25.2 Å². The van der Waals surface area contributed by atoms with Crippen LogP contribution < -0.4 is 9.47 Å². The van der Waals surface area contributed by atoms with E-state index in [2.05, 4.69) is 45.0 Å². The summed E-state index contributed by atoms with van der Waals surface area (Å²) < 4.78 is 11.8. The second kappa shape index (κ2) is 11.4. The number of benzene rings is 2. The van der Waals surface area contributed by atoms with Crippen molar-refractivity contribution in [2.24, 2.45) is 11.3 Å². The third-order valence-corrected chi connectivity index (χ3v) is 7.04. The zero-order chi connectivity index (χ0) is 25.7. The molecular weight excluding hydrogens is 424 g/mol. The van der Waals surface area contributed by atoms with Crippen molar-refractivity contribution in [1.82, 2.24) is 0 Å². The Bertz CT molecular complexity index is 964. The molecule has 0 aliphatic heterocycles. The van der Waals surface area contributed by atoms with Crippen molar-refractivity contribution in [3.8, 4) is 11.5 Å². The van der Waals surface area contributed by atoms with Gasteiger partial charge < -0.3 is 14.6 Å². The van der Waals surface area contributed by atoms with Crippen LogP contribution in [0.2, 0.25) is 0 Å². The Labute approximate surface area is 206 Å². The van der Waals surface area contributed by atoms with Gasteiger partial charge >= 0.3 is 0 Å². The maximum absolute atomic E-state index is 12.3. The van der Waals surface area contributed by atoms with E-state index in [0.29, 0.717) is 6.61 Å². The van der Waals surface area contributed by atoms with Gasteiger partial charge in [0.2, 0.25) is 0 Å². The number of carbonyl (C=O) groups excluding carboxylic acids is 1. The van der Waals surface area contributed by atoms with Crippen molar-refractivity contribution in [3.63, 3.8) is 0 Å². The van der Waals surface area contributed by atoms with Gasteiger partial charge in [0.15, 0.2) is 5.78 Å². The molecule has 0 aliphatic rings. The fourth-order valence-corrected chi connectivity index (χ4v) is 4.18. The molecule has 0 heterocycles. The van der Waals surface area contributed by atoms with Gasteiger partial charge in [-0.3, -0.25) is 4.79 Å². The van der Waals surface area contributed by atoms with Gasteiger partial charge in [-0.15, -0.1) is 0 Å². The van der Waals surface area contributed by atoms with Gasteiger partial charge in [0.25, 0.3) is 0 Å². The van der Waals surface area contributed by atoms with Crippen molar-refractivity contribution < 1.29 is 19.4 Å². The SMILES string of the molecule is CCC(CC)(c1ccc(OCC(=O)C(C)(C)C)c(C)c1)c1ccc(OCC(O)C(C)C)c(C)c1. The molecule has 2 aromatic carbocycles. The van der Waals surface area contributed by atoms with E-state index in [1.807, 2.05) is 53.7 Å². The van der Waals surface area contributed by atoms with Crippen molar-refractivity contribution in [2.75, 3.05) is 13.2 Å². The van der Waals surface area contributed by atoms with E-state index in [0.717, 1.165) is 35.5 Å². The number of Topliss-reactive ketones (excluding diaryl/α,β-unsaturated/α-hetero) is 1. The number of hydrogen-bond acceptors (Lipinski definition) is 4. The van der Waals surface area contributed by atoms with Gasteiger partial charge in [-0.25, -0.2) is 0 Å². The lowest BCUT2D eigenvalue weighted by atomic mass is 9.70. The van der Waals surface area contributed by atoms with Gasteiger partial charge in [-0.2, -0.15) is 0 Å². The van der Waals surface area contributed by atoms with Gasteiger partial charge in [0.05, 0.1) is 6.10 Å². The Kier molecular flexibility index (Phi) is 9.36. The van der Waals surface area contributed by atoms with E-state index in [-0.39, 0.29) is 23.7 Å². The van der Waals surface area contributed by atoms with E-state index in [1.165, 1.54) is 11.1 Å². The first-order chi connectivity index (χ1) is 15.9. The lowest BCUT2D eigenvalue weighted by Crippen LogP contribution is -2.27. The molecule has 0 amide bonds. The molecule has 188 valence electrons. The maximum atomic E-state index is 12.3. The maximum Gasteiger partial charge on any atom is 0.175 e. The number of rotatable bonds is 11. The molecule has 0 bridgehead atoms. The predicted octanol–water partition coefficient (Wildman–Crippen LogP) is 6.80. The monoisotopic (exact) mass is 468 g/mol. The minimum absolute atomic E-state index is 0.0859. The Balaban J connectivity index is 2.31. The van der Waals surface area contributed by atoms with E-state index >= 15 is 0 Å². The fraction of sp³-hybridized carbons (Fsp3) is 0.567. The van der Waals surface area contributed by atoms with E-state index in [9.17, 15) is 9.90 Å². The summed E-state index contributed by atoms with van der Waals surface area (Å²) >= 11 is 0. The van der Waals surface area contributed by atoms with Crippen molar-refractivity contribution >= 4 is 5.78 Å². The lowest BCUT2D eigenvalue weighted by molar-refractivity contribution is -0.128. The molecule has 1 atom stereocenters. The summed E-state index contributed by atoms with van der Waals surface area (Å²) in [5, 5.41) is 10.1. The molecule has 1 unspecified atom stereocenters. The Morgan fingerprint density at radius 2 is 1.35 bits per heavy atom. The van der Waals surface area contributed by atoms with Gasteiger partial charge in [0.1, 0.15) is 24.7 Å². The molecule has 0 aliphatic carbocycles. The van der Waals surface area contributed by atoms with Gasteiger partial charge in [-0.05, 0) is 67.0 Å². The number of aliphatic hydroxyl groups excluding tert-OH is 1. The summed E-state index contributed by atoms with van der Waals surface area (Å²) in [6.07, 6.45) is 1.43. The number of hydrogen-bond donors (Lipinski definition) is 1. The normalized spacial score (nSPS) is 13.1. The largest absolute Gasteiger partial charge is 0.491 e. The number of aliphatic hydroxyl groups is 1. The lowest BCUT2D eigenvalue weighted by Gasteiger charge is -2.34. The van der Waals surface area contributed by atoms with Crippen LogP contribution in [-0.2, 0) is 10.2 Å². The standard InChI is InChI=1S/C30H44O4/c1-10-30(11-2,23-12-14-26(21(5)16-23)33-18-25(31)20(3)4)24-13-15-27(22(6)17-24)34-19-28(32)29(7,8)9/h12-17,20,25,31H,10-11,18-19H2,1-9H3. The van der Waals surface area contributed by atoms with Crippen molar-refractivity contribution in [3.05, 3.63) is 58.7 Å². The summed E-state index contributed by atoms with van der Waals surface area (Å²) in [5.74, 6) is 1.82. The first-order valence-corrected chi connectivity index (χ1v) is 12.5. The van der Waals surface area contributed by atoms with Gasteiger partial charge in [-0.1, -0.05) is 72.7 Å². The molecule has 0 saturated carbocycles. The fourth-order valence-electron chi connectivity index (χ4n) is 4.18. The van der Waals surface area contributed by atoms with Gasteiger partial charge in [0, 0.05) is 10.8 Å². The molecule has 2 aromatic rings. The summed E-state index contributed by atoms with van der Waals surface area (Å²) in [6.45, 7) is 18.6. The number of ketones is 1. The highest BCUT2D eigenvalue weighted by atomic mass is 16.5. The van der Waals surface area contributed by atoms with Crippen LogP contribution in [0.1, 0.15) is 83.6 Å². The highest BCUT2D eigenvalue weighted by Gasteiger charge is 2.32. The minimum atomic E-state index is -0.480. The van der Waals surface area contributed by atoms with E-state index < -0.39 is 11.5 Å². The third kappa shape index (κ3) is 6.41. The molecule has 0 fully saturated rings. The summed E-state index contributed by atoms with van der Waals surface area (Å²) in [4.78, 5) is 12.3. The molecule has 0 spiro atoms. The van der Waals surface area contributed by atoms with Crippen LogP contribution in [0.15, 0.2) is 36.4 Å². The molecule has 0 radical (unpaired) electrons. The van der Waals surface area contributed by atoms with Crippen LogP contribution in [0.25, 0.3) is 0 Å². The van der Waals surface area contributed by atoms with Crippen LogP contribution >= 0.6 is 0 Å². The summed E-state index contributed by atoms with van der Waals surface area (Å²) in [6, 6.07) is 12.7. The number of carbonyl (C=O) groups is 1. The van der Waals surface area contributed by atoms with Crippen molar-refractivity contribution in [1.29, 1.82) is 0 Å². The predicted molar refractivity (Wildman–Crippen MR) is 140 cm³/mol. The third-order valence-electron chi connectivity index (χ3n) is 7.04. The van der Waals surface area contributed by atoms with E-state index in [4.69, 9.17) is 9.47 Å². The Morgan fingerprint density at radius 1 is 0.882 bits per heavy atom. The van der Waals surface area contributed by atoms with Crippen molar-refractivity contribution in [2.45, 2.75) is 86.7 Å². The Morgan fingerprint density at radius 3 is 1.74 bits per heavy atom. The minimum Gasteiger partial charge on any atom is -0.491 e. The Hall–Kier alpha value is -2.33. The quantitative estimate of drug-likeness (QED) is 0.394. The molecular formula is C30H44O4. The first kappa shape index (κ1) is 27.9. The van der Waals surface area contributed by atoms with Crippen LogP contribution in [0.4, 0.5) is 0 Å². The second-order valence-corrected chi connectivity index (χ2v) is 10.8. The van der Waals surface area contributed by atoms with E-state index in [1.54, 1.807) is 0 Å². The topological polar surface area (TPSA) is 55.8 Å². The average molecular weight is 469 g/mol. The molecule has 1 N–H and O–H groups in total. The highest BCUT2D eigenvalue weighted by Crippen LogP contribution is 2.41. The smallest absolute Gasteiger partial charge is 0.175 e. The number of aryl methyl sites for hydroxylation is 2. The van der Waals surface area contributed by atoms with Crippen LogP contribution in [-0.4, -0.2) is 30.2 Å². The molecule has 0 saturated heterocycles. The zero-order valence-electron chi connectivity index (χ0n) is 22.6. The second-order valence-electron chi connectivity index (χ2n) is 10.8. The molecule has 0 aromatic heterocycles. The zero-order valence-corrected chi connectivity index (χ0v) is 22.6. The molecule has 2 rings (SSSR count). The summed E-state index contributed by atoms with van der Waals surface area (Å²) in [5.41, 5.74) is 4.05. The molecule has 4 nitrogen and oxygen atoms in total. The first-order valence-electron chi connectivity index (χ1n) is 12.5. The van der Waals surface area contributed by atoms with Crippen LogP contribution in [0.5, 0.6) is 11.5 Å². The molecule has 34 heavy (non-hydrogen) atoms. The average Bonchev–Trinajstić information content (AvgIpc) is 2.78. The highest BCUT2D eigenvalue weighted by molar-refractivity contribution is 5.85. The molecule has 4 heteroatoms. The summed E-state index contributed by atoms with van der Waals surface area (Å²) in [7, 11) is 0.